The molecule has 134 valence electrons. The van der Waals surface area contributed by atoms with Crippen molar-refractivity contribution >= 4 is 6.09 Å². The van der Waals surface area contributed by atoms with Crippen molar-refractivity contribution < 1.29 is 9.53 Å². The number of amides is 1. The Kier molecular flexibility index (Phi) is 5.65. The van der Waals surface area contributed by atoms with E-state index in [2.05, 4.69) is 31.4 Å². The molecule has 2 saturated carbocycles. The molecule has 0 bridgehead atoms. The predicted octanol–water partition coefficient (Wildman–Crippen LogP) is 4.09. The van der Waals surface area contributed by atoms with Gasteiger partial charge in [-0.1, -0.05) is 27.2 Å². The summed E-state index contributed by atoms with van der Waals surface area (Å²) >= 11 is 0. The van der Waals surface area contributed by atoms with Crippen LogP contribution in [0.4, 0.5) is 4.79 Å². The number of alkyl carbamates (subject to hydrolysis) is 1. The van der Waals surface area contributed by atoms with E-state index in [1.54, 1.807) is 0 Å². The van der Waals surface area contributed by atoms with Crippen LogP contribution in [0.2, 0.25) is 0 Å². The van der Waals surface area contributed by atoms with Crippen molar-refractivity contribution in [1.82, 2.24) is 10.6 Å². The number of rotatable bonds is 4. The van der Waals surface area contributed by atoms with Gasteiger partial charge in [0.25, 0.3) is 0 Å². The molecule has 2 fully saturated rings. The van der Waals surface area contributed by atoms with Gasteiger partial charge >= 0.3 is 6.09 Å². The zero-order valence-corrected chi connectivity index (χ0v) is 15.9. The summed E-state index contributed by atoms with van der Waals surface area (Å²) in [5.74, 6) is 1.27. The summed E-state index contributed by atoms with van der Waals surface area (Å²) in [6, 6.07) is 1.16. The van der Waals surface area contributed by atoms with Crippen LogP contribution in [-0.2, 0) is 4.74 Å². The van der Waals surface area contributed by atoms with Gasteiger partial charge in [-0.3, -0.25) is 0 Å². The molecule has 23 heavy (non-hydrogen) atoms. The van der Waals surface area contributed by atoms with Crippen molar-refractivity contribution in [2.45, 2.75) is 91.3 Å². The topological polar surface area (TPSA) is 50.4 Å². The summed E-state index contributed by atoms with van der Waals surface area (Å²) in [6.45, 7) is 13.5. The minimum absolute atomic E-state index is 0.293. The number of nitrogens with one attached hydrogen (secondary N) is 2. The summed E-state index contributed by atoms with van der Waals surface area (Å²) in [5, 5.41) is 6.88. The predicted molar refractivity (Wildman–Crippen MR) is 94.5 cm³/mol. The lowest BCUT2D eigenvalue weighted by atomic mass is 9.91. The van der Waals surface area contributed by atoms with E-state index in [1.807, 2.05) is 20.8 Å². The van der Waals surface area contributed by atoms with Crippen molar-refractivity contribution in [2.75, 3.05) is 6.54 Å². The van der Waals surface area contributed by atoms with Crippen LogP contribution in [0.5, 0.6) is 0 Å². The molecular weight excluding hydrogens is 288 g/mol. The second kappa shape index (κ2) is 7.00. The average molecular weight is 325 g/mol. The summed E-state index contributed by atoms with van der Waals surface area (Å²) < 4.78 is 5.34. The maximum absolute atomic E-state index is 11.9. The highest BCUT2D eigenvalue weighted by Gasteiger charge is 2.39. The summed E-state index contributed by atoms with van der Waals surface area (Å²) in [6.07, 6.45) is 5.94. The molecule has 4 atom stereocenters. The van der Waals surface area contributed by atoms with Crippen molar-refractivity contribution in [2.24, 2.45) is 17.3 Å². The molecule has 0 aromatic rings. The van der Waals surface area contributed by atoms with Crippen LogP contribution in [0, 0.1) is 17.3 Å². The van der Waals surface area contributed by atoms with E-state index in [1.165, 1.54) is 32.1 Å². The zero-order chi connectivity index (χ0) is 17.3. The Morgan fingerprint density at radius 3 is 2.43 bits per heavy atom. The molecule has 4 heteroatoms. The Balaban J connectivity index is 1.80. The van der Waals surface area contributed by atoms with Crippen LogP contribution in [-0.4, -0.2) is 30.3 Å². The molecule has 0 spiro atoms. The molecule has 2 aliphatic rings. The van der Waals surface area contributed by atoms with Gasteiger partial charge in [-0.2, -0.15) is 0 Å². The zero-order valence-electron chi connectivity index (χ0n) is 15.9. The van der Waals surface area contributed by atoms with Gasteiger partial charge in [-0.15, -0.1) is 0 Å². The molecule has 1 amide bonds. The van der Waals surface area contributed by atoms with Crippen LogP contribution < -0.4 is 10.6 Å². The van der Waals surface area contributed by atoms with E-state index in [4.69, 9.17) is 4.74 Å². The number of ether oxygens (including phenoxy) is 1. The van der Waals surface area contributed by atoms with Gasteiger partial charge in [-0.25, -0.2) is 4.79 Å². The van der Waals surface area contributed by atoms with E-state index >= 15 is 0 Å². The Hall–Kier alpha value is -0.770. The molecule has 2 aliphatic carbocycles. The largest absolute Gasteiger partial charge is 0.444 e. The quantitative estimate of drug-likeness (QED) is 0.819. The number of carbonyl (C=O) groups is 1. The first-order valence-electron chi connectivity index (χ1n) is 9.29. The van der Waals surface area contributed by atoms with E-state index in [0.717, 1.165) is 12.5 Å². The highest BCUT2D eigenvalue weighted by atomic mass is 16.6. The Bertz CT molecular complexity index is 414. The lowest BCUT2D eigenvalue weighted by molar-refractivity contribution is 0.0517. The standard InChI is InChI=1S/C19H36N2O2/c1-13-10-19(5,6)11-16(13)21-15-9-7-8-14(15)12-20-17(22)23-18(2,3)4/h13-16,21H,7-12H2,1-6H3,(H,20,22). The minimum Gasteiger partial charge on any atom is -0.444 e. The van der Waals surface area contributed by atoms with Crippen LogP contribution in [0.15, 0.2) is 0 Å². The SMILES string of the molecule is CC1CC(C)(C)CC1NC1CCCC1CNC(=O)OC(C)(C)C. The van der Waals surface area contributed by atoms with E-state index in [9.17, 15) is 4.79 Å². The van der Waals surface area contributed by atoms with Gasteiger partial charge in [-0.05, 0) is 63.7 Å². The molecule has 0 saturated heterocycles. The fraction of sp³-hybridized carbons (Fsp3) is 0.947. The number of hydrogen-bond donors (Lipinski definition) is 2. The average Bonchev–Trinajstić information content (AvgIpc) is 2.89. The highest BCUT2D eigenvalue weighted by molar-refractivity contribution is 5.67. The molecule has 0 heterocycles. The molecule has 0 aliphatic heterocycles. The van der Waals surface area contributed by atoms with Crippen LogP contribution in [0.1, 0.15) is 73.6 Å². The summed E-state index contributed by atoms with van der Waals surface area (Å²) in [7, 11) is 0. The highest BCUT2D eigenvalue weighted by Crippen LogP contribution is 2.41. The van der Waals surface area contributed by atoms with Crippen molar-refractivity contribution in [3.8, 4) is 0 Å². The molecule has 0 aromatic heterocycles. The smallest absolute Gasteiger partial charge is 0.407 e. The first-order chi connectivity index (χ1) is 10.6. The van der Waals surface area contributed by atoms with Crippen LogP contribution in [0.3, 0.4) is 0 Å². The Labute approximate surface area is 142 Å². The maximum Gasteiger partial charge on any atom is 0.407 e. The fourth-order valence-corrected chi connectivity index (χ4v) is 4.42. The van der Waals surface area contributed by atoms with Gasteiger partial charge in [0.05, 0.1) is 0 Å². The molecular formula is C19H36N2O2. The molecule has 0 radical (unpaired) electrons. The third-order valence-corrected chi connectivity index (χ3v) is 5.33. The van der Waals surface area contributed by atoms with Crippen molar-refractivity contribution in [3.05, 3.63) is 0 Å². The van der Waals surface area contributed by atoms with Gasteiger partial charge < -0.3 is 15.4 Å². The van der Waals surface area contributed by atoms with Gasteiger partial charge in [0.2, 0.25) is 0 Å². The van der Waals surface area contributed by atoms with E-state index in [-0.39, 0.29) is 6.09 Å². The third kappa shape index (κ3) is 5.66. The van der Waals surface area contributed by atoms with Gasteiger partial charge in [0.1, 0.15) is 5.60 Å². The summed E-state index contributed by atoms with van der Waals surface area (Å²) in [5.41, 5.74) is 0.0300. The fourth-order valence-electron chi connectivity index (χ4n) is 4.42. The number of carbonyl (C=O) groups excluding carboxylic acids is 1. The lowest BCUT2D eigenvalue weighted by Gasteiger charge is -2.28. The molecule has 0 aromatic carbocycles. The van der Waals surface area contributed by atoms with Crippen molar-refractivity contribution in [3.63, 3.8) is 0 Å². The van der Waals surface area contributed by atoms with Crippen LogP contribution >= 0.6 is 0 Å². The first kappa shape index (κ1) is 18.6. The number of hydrogen-bond acceptors (Lipinski definition) is 3. The van der Waals surface area contributed by atoms with Crippen LogP contribution in [0.25, 0.3) is 0 Å². The van der Waals surface area contributed by atoms with Gasteiger partial charge in [0, 0.05) is 18.6 Å². The van der Waals surface area contributed by atoms with E-state index < -0.39 is 5.60 Å². The monoisotopic (exact) mass is 324 g/mol. The maximum atomic E-state index is 11.9. The second-order valence-electron chi connectivity index (χ2n) is 9.50. The first-order valence-corrected chi connectivity index (χ1v) is 9.29. The Morgan fingerprint density at radius 2 is 1.87 bits per heavy atom. The van der Waals surface area contributed by atoms with Gasteiger partial charge in [0.15, 0.2) is 0 Å². The lowest BCUT2D eigenvalue weighted by Crippen LogP contribution is -2.45. The second-order valence-corrected chi connectivity index (χ2v) is 9.50. The van der Waals surface area contributed by atoms with Crippen molar-refractivity contribution in [1.29, 1.82) is 0 Å². The Morgan fingerprint density at radius 1 is 1.17 bits per heavy atom. The molecule has 2 N–H and O–H groups in total. The molecule has 2 rings (SSSR count). The third-order valence-electron chi connectivity index (χ3n) is 5.33. The summed E-state index contributed by atoms with van der Waals surface area (Å²) in [4.78, 5) is 11.9. The molecule has 4 unspecified atom stereocenters. The molecule has 4 nitrogen and oxygen atoms in total. The van der Waals surface area contributed by atoms with E-state index in [0.29, 0.717) is 23.4 Å². The minimum atomic E-state index is -0.428. The normalized spacial score (nSPS) is 33.7.